The molecule has 0 aliphatic rings. The van der Waals surface area contributed by atoms with Gasteiger partial charge in [-0.15, -0.1) is 0 Å². The third-order valence-electron chi connectivity index (χ3n) is 1.31. The summed E-state index contributed by atoms with van der Waals surface area (Å²) < 4.78 is 5.43. The van der Waals surface area contributed by atoms with Crippen molar-refractivity contribution in [3.8, 4) is 6.07 Å². The summed E-state index contributed by atoms with van der Waals surface area (Å²) in [6.07, 6.45) is 5.09. The minimum Gasteiger partial charge on any atom is -0.490 e. The van der Waals surface area contributed by atoms with Crippen LogP contribution in [-0.2, 0) is 4.74 Å². The molecule has 0 atom stereocenters. The summed E-state index contributed by atoms with van der Waals surface area (Å²) in [5, 5.41) is 8.76. The zero-order valence-electron chi connectivity index (χ0n) is 8.37. The third kappa shape index (κ3) is 4.17. The normalized spacial score (nSPS) is 12.5. The summed E-state index contributed by atoms with van der Waals surface area (Å²) in [4.78, 5) is 0. The molecule has 0 fully saturated rings. The molecule has 0 bridgehead atoms. The van der Waals surface area contributed by atoms with Crippen molar-refractivity contribution in [1.29, 1.82) is 5.26 Å². The van der Waals surface area contributed by atoms with Gasteiger partial charge in [0.25, 0.3) is 0 Å². The Balaban J connectivity index is 4.73. The van der Waals surface area contributed by atoms with E-state index >= 15 is 0 Å². The van der Waals surface area contributed by atoms with Crippen LogP contribution in [0.1, 0.15) is 20.8 Å². The van der Waals surface area contributed by atoms with Crippen molar-refractivity contribution in [2.45, 2.75) is 26.9 Å². The van der Waals surface area contributed by atoms with Gasteiger partial charge in [0, 0.05) is 0 Å². The predicted molar refractivity (Wildman–Crippen MR) is 53.9 cm³/mol. The maximum atomic E-state index is 8.76. The van der Waals surface area contributed by atoms with Crippen molar-refractivity contribution in [3.63, 3.8) is 0 Å². The zero-order chi connectivity index (χ0) is 10.3. The number of nitrogens with zero attached hydrogens (tertiary/aromatic N) is 1. The van der Waals surface area contributed by atoms with E-state index < -0.39 is 0 Å². The average Bonchev–Trinajstić information content (AvgIpc) is 2.05. The summed E-state index contributed by atoms with van der Waals surface area (Å²) >= 11 is 0. The Kier molecular flexibility index (Phi) is 5.38. The van der Waals surface area contributed by atoms with Crippen molar-refractivity contribution in [3.05, 3.63) is 36.1 Å². The second-order valence-corrected chi connectivity index (χ2v) is 2.75. The minimum absolute atomic E-state index is 0.0644. The van der Waals surface area contributed by atoms with E-state index in [0.717, 1.165) is 0 Å². The van der Waals surface area contributed by atoms with E-state index in [1.165, 1.54) is 0 Å². The molecule has 0 saturated carbocycles. The summed E-state index contributed by atoms with van der Waals surface area (Å²) in [6.45, 7) is 9.21. The minimum atomic E-state index is 0.0644. The molecule has 0 saturated heterocycles. The van der Waals surface area contributed by atoms with Gasteiger partial charge in [-0.2, -0.15) is 5.26 Å². The highest BCUT2D eigenvalue weighted by Gasteiger charge is 2.05. The lowest BCUT2D eigenvalue weighted by Gasteiger charge is -2.11. The molecule has 13 heavy (non-hydrogen) atoms. The van der Waals surface area contributed by atoms with Crippen LogP contribution >= 0.6 is 0 Å². The number of hydrogen-bond donors (Lipinski definition) is 0. The van der Waals surface area contributed by atoms with Gasteiger partial charge in [0.15, 0.2) is 0 Å². The van der Waals surface area contributed by atoms with Crippen LogP contribution in [0, 0.1) is 11.3 Å². The monoisotopic (exact) mass is 177 g/mol. The molecule has 0 rings (SSSR count). The van der Waals surface area contributed by atoms with E-state index in [9.17, 15) is 0 Å². The molecule has 0 aromatic rings. The Labute approximate surface area is 79.8 Å². The van der Waals surface area contributed by atoms with Crippen molar-refractivity contribution in [2.24, 2.45) is 0 Å². The molecule has 70 valence electrons. The molecule has 0 aliphatic heterocycles. The van der Waals surface area contributed by atoms with Crippen LogP contribution in [0.25, 0.3) is 0 Å². The second-order valence-electron chi connectivity index (χ2n) is 2.75. The first kappa shape index (κ1) is 11.5. The summed E-state index contributed by atoms with van der Waals surface area (Å²) in [5.74, 6) is 0.579. The van der Waals surface area contributed by atoms with Crippen molar-refractivity contribution < 1.29 is 4.74 Å². The molecular formula is C11H15NO. The van der Waals surface area contributed by atoms with Gasteiger partial charge in [-0.25, -0.2) is 0 Å². The number of nitriles is 1. The SMILES string of the molecule is C=CC=C(OC(C)C)C(C#N)=CC. The predicted octanol–water partition coefficient (Wildman–Crippen LogP) is 2.95. The van der Waals surface area contributed by atoms with Crippen LogP contribution in [-0.4, -0.2) is 6.10 Å². The largest absolute Gasteiger partial charge is 0.490 e. The van der Waals surface area contributed by atoms with Crippen LogP contribution in [0.3, 0.4) is 0 Å². The van der Waals surface area contributed by atoms with E-state index in [2.05, 4.69) is 12.6 Å². The van der Waals surface area contributed by atoms with Crippen LogP contribution in [0.4, 0.5) is 0 Å². The first-order valence-electron chi connectivity index (χ1n) is 4.21. The topological polar surface area (TPSA) is 33.0 Å². The van der Waals surface area contributed by atoms with Crippen LogP contribution in [0.5, 0.6) is 0 Å². The number of allylic oxidation sites excluding steroid dienone is 4. The molecular weight excluding hydrogens is 162 g/mol. The quantitative estimate of drug-likeness (QED) is 0.376. The van der Waals surface area contributed by atoms with E-state index in [1.54, 1.807) is 25.2 Å². The Morgan fingerprint density at radius 1 is 1.54 bits per heavy atom. The van der Waals surface area contributed by atoms with E-state index in [-0.39, 0.29) is 6.10 Å². The van der Waals surface area contributed by atoms with Crippen LogP contribution < -0.4 is 0 Å². The van der Waals surface area contributed by atoms with E-state index in [4.69, 9.17) is 10.00 Å². The summed E-state index contributed by atoms with van der Waals surface area (Å²) in [7, 11) is 0. The van der Waals surface area contributed by atoms with E-state index in [1.807, 2.05) is 13.8 Å². The van der Waals surface area contributed by atoms with Gasteiger partial charge in [-0.05, 0) is 26.8 Å². The highest BCUT2D eigenvalue weighted by atomic mass is 16.5. The molecule has 0 spiro atoms. The molecule has 0 heterocycles. The Morgan fingerprint density at radius 3 is 2.46 bits per heavy atom. The molecule has 2 heteroatoms. The van der Waals surface area contributed by atoms with Gasteiger partial charge in [-0.3, -0.25) is 0 Å². The fraction of sp³-hybridized carbons (Fsp3) is 0.364. The van der Waals surface area contributed by atoms with Crippen LogP contribution in [0.2, 0.25) is 0 Å². The Bertz CT molecular complexity index is 266. The van der Waals surface area contributed by atoms with Gasteiger partial charge in [0.1, 0.15) is 11.8 Å². The molecule has 0 aliphatic carbocycles. The van der Waals surface area contributed by atoms with Gasteiger partial charge < -0.3 is 4.74 Å². The highest BCUT2D eigenvalue weighted by Crippen LogP contribution is 2.13. The number of hydrogen-bond acceptors (Lipinski definition) is 2. The molecule has 0 N–H and O–H groups in total. The molecule has 2 nitrogen and oxygen atoms in total. The average molecular weight is 177 g/mol. The molecule has 0 aromatic carbocycles. The lowest BCUT2D eigenvalue weighted by molar-refractivity contribution is 0.155. The maximum Gasteiger partial charge on any atom is 0.137 e. The Morgan fingerprint density at radius 2 is 2.15 bits per heavy atom. The van der Waals surface area contributed by atoms with Crippen molar-refractivity contribution in [1.82, 2.24) is 0 Å². The summed E-state index contributed by atoms with van der Waals surface area (Å²) in [5.41, 5.74) is 0.536. The fourth-order valence-electron chi connectivity index (χ4n) is 0.815. The van der Waals surface area contributed by atoms with Crippen LogP contribution in [0.15, 0.2) is 36.1 Å². The standard InChI is InChI=1S/C11H15NO/c1-5-7-11(13-9(3)4)10(6-2)8-12/h5-7,9H,1H2,2-4H3. The first-order valence-corrected chi connectivity index (χ1v) is 4.21. The first-order chi connectivity index (χ1) is 6.15. The van der Waals surface area contributed by atoms with Gasteiger partial charge in [0.05, 0.1) is 11.7 Å². The number of ether oxygens (including phenoxy) is 1. The lowest BCUT2D eigenvalue weighted by Crippen LogP contribution is -2.03. The summed E-state index contributed by atoms with van der Waals surface area (Å²) in [6, 6.07) is 2.06. The third-order valence-corrected chi connectivity index (χ3v) is 1.31. The smallest absolute Gasteiger partial charge is 0.137 e. The fourth-order valence-corrected chi connectivity index (χ4v) is 0.815. The van der Waals surface area contributed by atoms with Gasteiger partial charge in [0.2, 0.25) is 0 Å². The molecule has 0 amide bonds. The van der Waals surface area contributed by atoms with Gasteiger partial charge >= 0.3 is 0 Å². The zero-order valence-corrected chi connectivity index (χ0v) is 8.37. The van der Waals surface area contributed by atoms with Gasteiger partial charge in [-0.1, -0.05) is 18.7 Å². The molecule has 0 aromatic heterocycles. The van der Waals surface area contributed by atoms with Crippen molar-refractivity contribution >= 4 is 0 Å². The highest BCUT2D eigenvalue weighted by molar-refractivity contribution is 5.39. The lowest BCUT2D eigenvalue weighted by atomic mass is 10.2. The molecule has 0 unspecified atom stereocenters. The molecule has 0 radical (unpaired) electrons. The Hall–Kier alpha value is -1.49. The van der Waals surface area contributed by atoms with E-state index in [0.29, 0.717) is 11.3 Å². The maximum absolute atomic E-state index is 8.76. The second kappa shape index (κ2) is 6.07. The van der Waals surface area contributed by atoms with Crippen molar-refractivity contribution in [2.75, 3.05) is 0 Å². The number of rotatable bonds is 4.